The summed E-state index contributed by atoms with van der Waals surface area (Å²) in [5.41, 5.74) is 0. The molecule has 1 aromatic rings. The summed E-state index contributed by atoms with van der Waals surface area (Å²) in [7, 11) is 0. The second kappa shape index (κ2) is 5.77. The summed E-state index contributed by atoms with van der Waals surface area (Å²) >= 11 is 0. The molecule has 1 atom stereocenters. The average Bonchev–Trinajstić information content (AvgIpc) is 2.76. The van der Waals surface area contributed by atoms with Crippen LogP contribution in [0.1, 0.15) is 24.6 Å². The van der Waals surface area contributed by atoms with Crippen molar-refractivity contribution >= 4 is 5.91 Å². The summed E-state index contributed by atoms with van der Waals surface area (Å²) in [6.07, 6.45) is 2.63. The van der Waals surface area contributed by atoms with Gasteiger partial charge in [-0.25, -0.2) is 0 Å². The number of nitrogens with one attached hydrogen (secondary N) is 2. The zero-order chi connectivity index (χ0) is 12.1. The molecule has 1 amide bonds. The van der Waals surface area contributed by atoms with E-state index in [9.17, 15) is 4.79 Å². The lowest BCUT2D eigenvalue weighted by Crippen LogP contribution is -2.41. The summed E-state index contributed by atoms with van der Waals surface area (Å²) < 4.78 is 4.97. The van der Waals surface area contributed by atoms with Crippen molar-refractivity contribution < 1.29 is 9.32 Å². The van der Waals surface area contributed by atoms with E-state index in [-0.39, 0.29) is 11.8 Å². The number of carbonyl (C=O) groups is 1. The second-order valence-electron chi connectivity index (χ2n) is 4.32. The first-order valence-corrected chi connectivity index (χ1v) is 6.03. The van der Waals surface area contributed by atoms with E-state index in [0.717, 1.165) is 25.9 Å². The lowest BCUT2D eigenvalue weighted by molar-refractivity contribution is -0.125. The van der Waals surface area contributed by atoms with Crippen LogP contribution in [0.2, 0.25) is 0 Å². The topological polar surface area (TPSA) is 80.0 Å². The van der Waals surface area contributed by atoms with Crippen LogP contribution in [0.3, 0.4) is 0 Å². The summed E-state index contributed by atoms with van der Waals surface area (Å²) in [5.74, 6) is 1.42. The van der Waals surface area contributed by atoms with Crippen LogP contribution in [0, 0.1) is 12.8 Å². The van der Waals surface area contributed by atoms with Gasteiger partial charge in [0.15, 0.2) is 5.82 Å². The minimum Gasteiger partial charge on any atom is -0.355 e. The Labute approximate surface area is 100 Å². The number of hydrogen-bond donors (Lipinski definition) is 2. The second-order valence-corrected chi connectivity index (χ2v) is 4.32. The van der Waals surface area contributed by atoms with Gasteiger partial charge in [-0.1, -0.05) is 5.16 Å². The van der Waals surface area contributed by atoms with Gasteiger partial charge in [-0.15, -0.1) is 0 Å². The summed E-state index contributed by atoms with van der Waals surface area (Å²) in [6.45, 7) is 4.13. The van der Waals surface area contributed by atoms with Gasteiger partial charge in [0, 0.05) is 19.5 Å². The van der Waals surface area contributed by atoms with E-state index in [1.54, 1.807) is 6.92 Å². The molecule has 1 aliphatic heterocycles. The standard InChI is InChI=1S/C11H18N4O2/c1-8-14-10(17-15-8)4-6-13-11(16)9-3-2-5-12-7-9/h9,12H,2-7H2,1H3,(H,13,16)/t9-/m1/s1. The smallest absolute Gasteiger partial charge is 0.228 e. The van der Waals surface area contributed by atoms with E-state index in [2.05, 4.69) is 20.8 Å². The molecule has 0 spiro atoms. The number of carbonyl (C=O) groups excluding carboxylic acids is 1. The van der Waals surface area contributed by atoms with Gasteiger partial charge < -0.3 is 15.2 Å². The average molecular weight is 238 g/mol. The molecule has 6 heteroatoms. The largest absolute Gasteiger partial charge is 0.355 e. The molecule has 2 rings (SSSR count). The number of amides is 1. The van der Waals surface area contributed by atoms with Crippen LogP contribution in [0.25, 0.3) is 0 Å². The summed E-state index contributed by atoms with van der Waals surface area (Å²) in [4.78, 5) is 15.9. The Morgan fingerprint density at radius 2 is 2.53 bits per heavy atom. The maximum Gasteiger partial charge on any atom is 0.228 e. The van der Waals surface area contributed by atoms with E-state index < -0.39 is 0 Å². The highest BCUT2D eigenvalue weighted by molar-refractivity contribution is 5.78. The SMILES string of the molecule is Cc1noc(CCNC(=O)[C@@H]2CCCNC2)n1. The molecule has 2 heterocycles. The molecule has 0 bridgehead atoms. The van der Waals surface area contributed by atoms with E-state index in [0.29, 0.717) is 24.7 Å². The number of aromatic nitrogens is 2. The Hall–Kier alpha value is -1.43. The fourth-order valence-electron chi connectivity index (χ4n) is 1.95. The van der Waals surface area contributed by atoms with Gasteiger partial charge in [-0.3, -0.25) is 4.79 Å². The van der Waals surface area contributed by atoms with E-state index in [1.165, 1.54) is 0 Å². The van der Waals surface area contributed by atoms with Crippen molar-refractivity contribution in [1.82, 2.24) is 20.8 Å². The number of piperidine rings is 1. The molecule has 1 fully saturated rings. The Bertz CT molecular complexity index is 371. The third kappa shape index (κ3) is 3.52. The lowest BCUT2D eigenvalue weighted by atomic mass is 9.99. The normalized spacial score (nSPS) is 20.2. The highest BCUT2D eigenvalue weighted by Crippen LogP contribution is 2.09. The first-order chi connectivity index (χ1) is 8.25. The minimum absolute atomic E-state index is 0.105. The number of hydrogen-bond acceptors (Lipinski definition) is 5. The van der Waals surface area contributed by atoms with Crippen molar-refractivity contribution in [3.05, 3.63) is 11.7 Å². The molecule has 0 radical (unpaired) electrons. The Morgan fingerprint density at radius 1 is 1.65 bits per heavy atom. The quantitative estimate of drug-likeness (QED) is 0.774. The van der Waals surface area contributed by atoms with Gasteiger partial charge in [-0.05, 0) is 26.3 Å². The molecule has 0 saturated carbocycles. The molecule has 2 N–H and O–H groups in total. The number of nitrogens with zero attached hydrogens (tertiary/aromatic N) is 2. The van der Waals surface area contributed by atoms with Crippen molar-refractivity contribution in [2.24, 2.45) is 5.92 Å². The number of aryl methyl sites for hydroxylation is 1. The fourth-order valence-corrected chi connectivity index (χ4v) is 1.95. The molecular weight excluding hydrogens is 220 g/mol. The molecule has 1 aliphatic rings. The minimum atomic E-state index is 0.105. The van der Waals surface area contributed by atoms with Gasteiger partial charge in [0.05, 0.1) is 5.92 Å². The first-order valence-electron chi connectivity index (χ1n) is 6.03. The van der Waals surface area contributed by atoms with Crippen LogP contribution < -0.4 is 10.6 Å². The van der Waals surface area contributed by atoms with Crippen LogP contribution in [-0.2, 0) is 11.2 Å². The van der Waals surface area contributed by atoms with Gasteiger partial charge in [0.1, 0.15) is 0 Å². The van der Waals surface area contributed by atoms with Gasteiger partial charge in [0.2, 0.25) is 11.8 Å². The summed E-state index contributed by atoms with van der Waals surface area (Å²) in [6, 6.07) is 0. The van der Waals surface area contributed by atoms with Crippen molar-refractivity contribution in [3.8, 4) is 0 Å². The van der Waals surface area contributed by atoms with Gasteiger partial charge in [0.25, 0.3) is 0 Å². The molecule has 17 heavy (non-hydrogen) atoms. The molecule has 1 saturated heterocycles. The monoisotopic (exact) mass is 238 g/mol. The van der Waals surface area contributed by atoms with E-state index in [1.807, 2.05) is 0 Å². The van der Waals surface area contributed by atoms with Crippen LogP contribution in [0.5, 0.6) is 0 Å². The van der Waals surface area contributed by atoms with Crippen molar-refractivity contribution in [1.29, 1.82) is 0 Å². The fraction of sp³-hybridized carbons (Fsp3) is 0.727. The third-order valence-corrected chi connectivity index (χ3v) is 2.88. The Morgan fingerprint density at radius 3 is 3.18 bits per heavy atom. The predicted octanol–water partition coefficient (Wildman–Crippen LogP) is 0.0363. The molecule has 0 aromatic carbocycles. The molecule has 6 nitrogen and oxygen atoms in total. The van der Waals surface area contributed by atoms with Crippen LogP contribution in [0.15, 0.2) is 4.52 Å². The van der Waals surface area contributed by atoms with Crippen molar-refractivity contribution in [3.63, 3.8) is 0 Å². The zero-order valence-corrected chi connectivity index (χ0v) is 10.0. The van der Waals surface area contributed by atoms with Crippen molar-refractivity contribution in [2.45, 2.75) is 26.2 Å². The van der Waals surface area contributed by atoms with Gasteiger partial charge in [-0.2, -0.15) is 4.98 Å². The van der Waals surface area contributed by atoms with E-state index >= 15 is 0 Å². The molecule has 94 valence electrons. The highest BCUT2D eigenvalue weighted by Gasteiger charge is 2.20. The molecule has 1 aromatic heterocycles. The van der Waals surface area contributed by atoms with Crippen molar-refractivity contribution in [2.75, 3.05) is 19.6 Å². The summed E-state index contributed by atoms with van der Waals surface area (Å²) in [5, 5.41) is 9.82. The maximum absolute atomic E-state index is 11.8. The molecule has 0 unspecified atom stereocenters. The van der Waals surface area contributed by atoms with Crippen LogP contribution >= 0.6 is 0 Å². The van der Waals surface area contributed by atoms with E-state index in [4.69, 9.17) is 4.52 Å². The lowest BCUT2D eigenvalue weighted by Gasteiger charge is -2.21. The number of rotatable bonds is 4. The zero-order valence-electron chi connectivity index (χ0n) is 10.0. The van der Waals surface area contributed by atoms with Crippen LogP contribution in [-0.4, -0.2) is 35.7 Å². The third-order valence-electron chi connectivity index (χ3n) is 2.88. The maximum atomic E-state index is 11.8. The molecule has 0 aliphatic carbocycles. The highest BCUT2D eigenvalue weighted by atomic mass is 16.5. The van der Waals surface area contributed by atoms with Crippen LogP contribution in [0.4, 0.5) is 0 Å². The molecular formula is C11H18N4O2. The first kappa shape index (κ1) is 12.0. The van der Waals surface area contributed by atoms with Gasteiger partial charge >= 0.3 is 0 Å². The predicted molar refractivity (Wildman–Crippen MR) is 61.3 cm³/mol. The Balaban J connectivity index is 1.69. The Kier molecular flexibility index (Phi) is 4.08.